The molecule has 0 radical (unpaired) electrons. The Morgan fingerprint density at radius 2 is 1.47 bits per heavy atom. The van der Waals surface area contributed by atoms with Gasteiger partial charge in [-0.05, 0) is 6.07 Å². The molecule has 3 aromatic carbocycles. The van der Waals surface area contributed by atoms with Crippen molar-refractivity contribution in [2.45, 2.75) is 12.0 Å². The van der Waals surface area contributed by atoms with Crippen LogP contribution in [0.1, 0.15) is 21.5 Å². The lowest BCUT2D eigenvalue weighted by atomic mass is 10.00. The van der Waals surface area contributed by atoms with Crippen molar-refractivity contribution in [3.63, 3.8) is 0 Å². The number of ketones is 1. The van der Waals surface area contributed by atoms with E-state index in [4.69, 9.17) is 4.74 Å². The average molecular weight is 449 g/mol. The summed E-state index contributed by atoms with van der Waals surface area (Å²) in [5.41, 5.74) is -1.24. The molecule has 0 aliphatic rings. The zero-order valence-electron chi connectivity index (χ0n) is 16.4. The van der Waals surface area contributed by atoms with Gasteiger partial charge in [0.15, 0.2) is 17.3 Å². The van der Waals surface area contributed by atoms with E-state index in [2.05, 4.69) is 4.74 Å². The molecule has 10 heteroatoms. The highest BCUT2D eigenvalue weighted by Crippen LogP contribution is 2.46. The first-order chi connectivity index (χ1) is 15.1. The van der Waals surface area contributed by atoms with Gasteiger partial charge in [0.25, 0.3) is 5.69 Å². The molecule has 0 aliphatic heterocycles. The number of halogens is 4. The summed E-state index contributed by atoms with van der Waals surface area (Å²) >= 11 is 0. The van der Waals surface area contributed by atoms with Gasteiger partial charge in [0.1, 0.15) is 0 Å². The van der Waals surface area contributed by atoms with Crippen molar-refractivity contribution < 1.29 is 36.8 Å². The van der Waals surface area contributed by atoms with Gasteiger partial charge in [-0.15, -0.1) is 0 Å². The quantitative estimate of drug-likeness (QED) is 0.194. The first-order valence-electron chi connectivity index (χ1n) is 9.04. The van der Waals surface area contributed by atoms with Crippen molar-refractivity contribution in [1.82, 2.24) is 0 Å². The number of carbonyl (C=O) groups excluding carboxylic acids is 1. The van der Waals surface area contributed by atoms with E-state index in [1.807, 2.05) is 0 Å². The number of carbonyl (C=O) groups is 1. The van der Waals surface area contributed by atoms with Crippen molar-refractivity contribution >= 4 is 11.5 Å². The molecule has 0 aliphatic carbocycles. The van der Waals surface area contributed by atoms with E-state index in [9.17, 15) is 32.5 Å². The predicted octanol–water partition coefficient (Wildman–Crippen LogP) is 5.60. The summed E-state index contributed by atoms with van der Waals surface area (Å²) in [5, 5.41) is 10.8. The van der Waals surface area contributed by atoms with E-state index < -0.39 is 45.5 Å². The van der Waals surface area contributed by atoms with Crippen LogP contribution in [0.5, 0.6) is 11.5 Å². The minimum absolute atomic E-state index is 0.0389. The van der Waals surface area contributed by atoms with Crippen LogP contribution >= 0.6 is 0 Å². The summed E-state index contributed by atoms with van der Waals surface area (Å²) in [6.45, 7) is 0. The highest BCUT2D eigenvalue weighted by atomic mass is 19.3. The Morgan fingerprint density at radius 1 is 0.875 bits per heavy atom. The minimum atomic E-state index is -5.04. The van der Waals surface area contributed by atoms with Crippen molar-refractivity contribution in [3.05, 3.63) is 99.6 Å². The average Bonchev–Trinajstić information content (AvgIpc) is 2.79. The number of hydrogen-bond acceptors (Lipinski definition) is 5. The van der Waals surface area contributed by atoms with Gasteiger partial charge in [-0.25, -0.2) is 0 Å². The third-order valence-corrected chi connectivity index (χ3v) is 4.51. The fourth-order valence-electron chi connectivity index (χ4n) is 2.81. The van der Waals surface area contributed by atoms with Gasteiger partial charge in [0.05, 0.1) is 18.1 Å². The zero-order valence-corrected chi connectivity index (χ0v) is 16.4. The van der Waals surface area contributed by atoms with E-state index in [1.165, 1.54) is 12.1 Å². The number of nitro benzene ring substituents is 1. The molecule has 0 bridgehead atoms. The first kappa shape index (κ1) is 22.7. The Labute approximate surface area is 179 Å². The fourth-order valence-corrected chi connectivity index (χ4v) is 2.81. The third kappa shape index (κ3) is 4.39. The maximum atomic E-state index is 14.6. The number of rotatable bonds is 8. The summed E-state index contributed by atoms with van der Waals surface area (Å²) in [6.07, 6.45) is -5.04. The number of methoxy groups -OCH3 is 1. The summed E-state index contributed by atoms with van der Waals surface area (Å²) < 4.78 is 67.1. The van der Waals surface area contributed by atoms with Crippen molar-refractivity contribution in [2.75, 3.05) is 7.11 Å². The van der Waals surface area contributed by atoms with Gasteiger partial charge in [0, 0.05) is 22.8 Å². The van der Waals surface area contributed by atoms with Gasteiger partial charge in [-0.3, -0.25) is 14.9 Å². The van der Waals surface area contributed by atoms with E-state index >= 15 is 0 Å². The van der Waals surface area contributed by atoms with E-state index in [1.54, 1.807) is 18.2 Å². The van der Waals surface area contributed by atoms with Crippen LogP contribution < -0.4 is 9.47 Å². The smallest absolute Gasteiger partial charge is 0.469 e. The lowest BCUT2D eigenvalue weighted by Gasteiger charge is -2.27. The van der Waals surface area contributed by atoms with E-state index in [0.717, 1.165) is 37.4 Å². The van der Waals surface area contributed by atoms with Gasteiger partial charge in [-0.1, -0.05) is 54.6 Å². The van der Waals surface area contributed by atoms with Crippen LogP contribution in [0.3, 0.4) is 0 Å². The van der Waals surface area contributed by atoms with Crippen LogP contribution in [0.2, 0.25) is 0 Å². The van der Waals surface area contributed by atoms with Crippen molar-refractivity contribution in [3.8, 4) is 11.5 Å². The van der Waals surface area contributed by atoms with Crippen LogP contribution in [-0.2, 0) is 5.92 Å². The number of nitrogens with zero attached hydrogens (tertiary/aromatic N) is 1. The highest BCUT2D eigenvalue weighted by Gasteiger charge is 2.61. The molecular formula is C22H15F4NO5. The molecule has 166 valence electrons. The zero-order chi connectivity index (χ0) is 23.5. The number of benzene rings is 3. The van der Waals surface area contributed by atoms with E-state index in [0.29, 0.717) is 17.7 Å². The second-order valence-electron chi connectivity index (χ2n) is 6.56. The van der Waals surface area contributed by atoms with Crippen molar-refractivity contribution in [1.29, 1.82) is 0 Å². The second-order valence-corrected chi connectivity index (χ2v) is 6.56. The summed E-state index contributed by atoms with van der Waals surface area (Å²) in [4.78, 5) is 22.4. The number of ether oxygens (including phenoxy) is 2. The molecule has 3 rings (SSSR count). The van der Waals surface area contributed by atoms with Gasteiger partial charge >= 0.3 is 12.0 Å². The molecule has 32 heavy (non-hydrogen) atoms. The number of non-ortho nitro benzene ring substituents is 1. The van der Waals surface area contributed by atoms with E-state index in [-0.39, 0.29) is 5.56 Å². The standard InChI is InChI=1S/C22H15F4NO5/c1-31-19-13-17(27(29)30)11-12-18(19)32-22(25,26)21(23,24)16-9-7-15(8-10-16)20(28)14-5-3-2-4-6-14/h2-13H,1H3. The molecule has 0 amide bonds. The SMILES string of the molecule is COc1cc([N+](=O)[O-])ccc1OC(F)(F)C(F)(F)c1ccc(C(=O)c2ccccc2)cc1. The molecule has 0 N–H and O–H groups in total. The normalized spacial score (nSPS) is 11.7. The minimum Gasteiger partial charge on any atom is -0.493 e. The lowest BCUT2D eigenvalue weighted by molar-refractivity contribution is -0.385. The molecule has 0 heterocycles. The Bertz CT molecular complexity index is 1130. The highest BCUT2D eigenvalue weighted by molar-refractivity contribution is 6.08. The maximum absolute atomic E-state index is 14.6. The molecule has 3 aromatic rings. The van der Waals surface area contributed by atoms with Gasteiger partial charge in [0.2, 0.25) is 0 Å². The van der Waals surface area contributed by atoms with Crippen molar-refractivity contribution in [2.24, 2.45) is 0 Å². The Morgan fingerprint density at radius 3 is 2.03 bits per heavy atom. The molecule has 0 saturated carbocycles. The molecule has 0 fully saturated rings. The first-order valence-corrected chi connectivity index (χ1v) is 9.04. The van der Waals surface area contributed by atoms with Gasteiger partial charge < -0.3 is 9.47 Å². The number of nitro groups is 1. The molecule has 0 atom stereocenters. The predicted molar refractivity (Wildman–Crippen MR) is 105 cm³/mol. The van der Waals surface area contributed by atoms with Crippen LogP contribution in [0.25, 0.3) is 0 Å². The summed E-state index contributed by atoms with van der Waals surface area (Å²) in [5.74, 6) is -6.58. The Hall–Kier alpha value is -3.95. The largest absolute Gasteiger partial charge is 0.493 e. The second kappa shape index (κ2) is 8.66. The summed E-state index contributed by atoms with van der Waals surface area (Å²) in [7, 11) is 1.02. The van der Waals surface area contributed by atoms with Crippen LogP contribution in [0.4, 0.5) is 23.2 Å². The molecule has 0 spiro atoms. The molecular weight excluding hydrogens is 434 g/mol. The number of hydrogen-bond donors (Lipinski definition) is 0. The Kier molecular flexibility index (Phi) is 6.15. The Balaban J connectivity index is 1.86. The number of alkyl halides is 4. The van der Waals surface area contributed by atoms with Crippen LogP contribution in [0, 0.1) is 10.1 Å². The molecule has 0 aromatic heterocycles. The molecule has 6 nitrogen and oxygen atoms in total. The van der Waals surface area contributed by atoms with Crippen LogP contribution in [-0.4, -0.2) is 23.9 Å². The monoisotopic (exact) mass is 449 g/mol. The molecule has 0 unspecified atom stereocenters. The summed E-state index contributed by atoms with van der Waals surface area (Å²) in [6, 6.07) is 13.8. The van der Waals surface area contributed by atoms with Gasteiger partial charge in [-0.2, -0.15) is 17.6 Å². The third-order valence-electron chi connectivity index (χ3n) is 4.51. The topological polar surface area (TPSA) is 78.7 Å². The van der Waals surface area contributed by atoms with Crippen LogP contribution in [0.15, 0.2) is 72.8 Å². The fraction of sp³-hybridized carbons (Fsp3) is 0.136. The lowest BCUT2D eigenvalue weighted by Crippen LogP contribution is -2.43. The molecule has 0 saturated heterocycles. The maximum Gasteiger partial charge on any atom is 0.469 e.